The minimum atomic E-state index is -0.500. The minimum absolute atomic E-state index is 0.500. The van der Waals surface area contributed by atoms with Gasteiger partial charge in [0.15, 0.2) is 0 Å². The van der Waals surface area contributed by atoms with Crippen LogP contribution in [-0.4, -0.2) is 25.9 Å². The van der Waals surface area contributed by atoms with Gasteiger partial charge in [-0.15, -0.1) is 10.6 Å². The summed E-state index contributed by atoms with van der Waals surface area (Å²) in [6, 6.07) is 0. The van der Waals surface area contributed by atoms with E-state index in [9.17, 15) is 0 Å². The van der Waals surface area contributed by atoms with E-state index >= 15 is 0 Å². The van der Waals surface area contributed by atoms with Crippen LogP contribution in [0, 0.1) is 11.8 Å². The Kier molecular flexibility index (Phi) is 10.6. The van der Waals surface area contributed by atoms with E-state index in [2.05, 4.69) is 27.7 Å². The molecule has 2 heteroatoms. The highest BCUT2D eigenvalue weighted by molar-refractivity contribution is 6.35. The van der Waals surface area contributed by atoms with Crippen molar-refractivity contribution in [2.24, 2.45) is 11.8 Å². The first-order valence-electron chi connectivity index (χ1n) is 5.67. The van der Waals surface area contributed by atoms with Gasteiger partial charge in [-0.25, -0.2) is 0 Å². The van der Waals surface area contributed by atoms with E-state index in [1.807, 2.05) is 0 Å². The third kappa shape index (κ3) is 39.1. The average molecular weight is 215 g/mol. The fraction of sp³-hybridized carbons (Fsp3) is 1.00. The van der Waals surface area contributed by atoms with Crippen molar-refractivity contribution in [1.29, 1.82) is 0 Å². The Bertz CT molecular complexity index is 100.0. The normalized spacial score (nSPS) is 11.3. The Labute approximate surface area is 97.0 Å². The molecule has 0 aliphatic rings. The molecule has 0 rings (SSSR count). The molecule has 1 radical (unpaired) electrons. The lowest BCUT2D eigenvalue weighted by Gasteiger charge is -2.04. The molecule has 0 aliphatic carbocycles. The van der Waals surface area contributed by atoms with Crippen molar-refractivity contribution < 1.29 is 5.11 Å². The summed E-state index contributed by atoms with van der Waals surface area (Å²) in [4.78, 5) is 0. The summed E-state index contributed by atoms with van der Waals surface area (Å²) in [7, 11) is 0. The quantitative estimate of drug-likeness (QED) is 0.710. The van der Waals surface area contributed by atoms with Crippen LogP contribution in [0.4, 0.5) is 0 Å². The molecule has 0 aliphatic heterocycles. The smallest absolute Gasteiger partial charge is 0.200 e. The van der Waals surface area contributed by atoms with Crippen molar-refractivity contribution in [3.05, 3.63) is 0 Å². The van der Waals surface area contributed by atoms with Crippen LogP contribution >= 0.6 is 0 Å². The molecule has 0 amide bonds. The molecular weight excluding hydrogens is 187 g/mol. The van der Waals surface area contributed by atoms with E-state index in [0.717, 1.165) is 27.1 Å². The van der Waals surface area contributed by atoms with E-state index in [0.29, 0.717) is 0 Å². The van der Waals surface area contributed by atoms with Crippen molar-refractivity contribution in [3.8, 4) is 0 Å². The third-order valence-electron chi connectivity index (χ3n) is 1.28. The van der Waals surface area contributed by atoms with Crippen molar-refractivity contribution in [2.75, 3.05) is 0 Å². The highest BCUT2D eigenvalue weighted by Gasteiger charge is 1.98. The topological polar surface area (TPSA) is 20.2 Å². The van der Waals surface area contributed by atoms with Gasteiger partial charge in [-0.05, 0) is 20.8 Å². The lowest BCUT2D eigenvalue weighted by Crippen LogP contribution is -2.10. The van der Waals surface area contributed by atoms with Crippen LogP contribution in [0.3, 0.4) is 0 Å². The maximum atomic E-state index is 8.52. The molecule has 1 nitrogen and oxygen atoms in total. The summed E-state index contributed by atoms with van der Waals surface area (Å²) in [6.45, 7) is 14.5. The molecule has 0 aromatic carbocycles. The first-order chi connectivity index (χ1) is 6.13. The van der Waals surface area contributed by atoms with Crippen LogP contribution in [0.2, 0.25) is 10.6 Å². The molecule has 0 saturated carbocycles. The van der Waals surface area contributed by atoms with Gasteiger partial charge in [-0.2, -0.15) is 0 Å². The predicted octanol–water partition coefficient (Wildman–Crippen LogP) is 3.62. The molecule has 0 aromatic heterocycles. The molecule has 14 heavy (non-hydrogen) atoms. The predicted molar refractivity (Wildman–Crippen MR) is 67.0 cm³/mol. The third-order valence-corrected chi connectivity index (χ3v) is 3.83. The summed E-state index contributed by atoms with van der Waals surface area (Å²) >= 11 is 0.755. The SMILES string of the molecule is CC(C)(C)O.CC(C)[CH2][Al][CH2]C(C)C. The maximum absolute atomic E-state index is 8.52. The van der Waals surface area contributed by atoms with E-state index in [-0.39, 0.29) is 0 Å². The van der Waals surface area contributed by atoms with E-state index in [1.165, 1.54) is 10.6 Å². The zero-order chi connectivity index (χ0) is 11.8. The summed E-state index contributed by atoms with van der Waals surface area (Å²) in [5.41, 5.74) is -0.500. The highest BCUT2D eigenvalue weighted by atomic mass is 27.1. The zero-order valence-corrected chi connectivity index (χ0v) is 12.2. The zero-order valence-electron chi connectivity index (χ0n) is 11.1. The van der Waals surface area contributed by atoms with E-state index in [1.54, 1.807) is 20.8 Å². The largest absolute Gasteiger partial charge is 0.391 e. The van der Waals surface area contributed by atoms with Crippen LogP contribution in [0.1, 0.15) is 48.5 Å². The van der Waals surface area contributed by atoms with Gasteiger partial charge in [0.25, 0.3) is 0 Å². The fourth-order valence-corrected chi connectivity index (χ4v) is 2.29. The molecule has 0 fully saturated rings. The van der Waals surface area contributed by atoms with Gasteiger partial charge in [0.2, 0.25) is 15.2 Å². The van der Waals surface area contributed by atoms with Crippen LogP contribution in [0.25, 0.3) is 0 Å². The summed E-state index contributed by atoms with van der Waals surface area (Å²) < 4.78 is 0. The fourth-order valence-electron chi connectivity index (χ4n) is 0.763. The lowest BCUT2D eigenvalue weighted by atomic mass is 10.2. The molecule has 0 aromatic rings. The number of hydrogen-bond acceptors (Lipinski definition) is 1. The Hall–Kier alpha value is 0.492. The molecule has 0 atom stereocenters. The van der Waals surface area contributed by atoms with Gasteiger partial charge < -0.3 is 5.11 Å². The average Bonchev–Trinajstić information content (AvgIpc) is 1.80. The molecular formula is C12H28AlO. The van der Waals surface area contributed by atoms with Gasteiger partial charge in [0.1, 0.15) is 0 Å². The Morgan fingerprint density at radius 3 is 1.29 bits per heavy atom. The molecule has 0 unspecified atom stereocenters. The van der Waals surface area contributed by atoms with Crippen molar-refractivity contribution in [1.82, 2.24) is 0 Å². The van der Waals surface area contributed by atoms with Gasteiger partial charge in [0, 0.05) is 0 Å². The van der Waals surface area contributed by atoms with Crippen molar-refractivity contribution in [2.45, 2.75) is 64.6 Å². The van der Waals surface area contributed by atoms with Crippen LogP contribution in [-0.2, 0) is 0 Å². The first-order valence-corrected chi connectivity index (χ1v) is 7.30. The first kappa shape index (κ1) is 16.9. The van der Waals surface area contributed by atoms with Crippen molar-refractivity contribution >= 4 is 15.2 Å². The summed E-state index contributed by atoms with van der Waals surface area (Å²) in [5, 5.41) is 11.5. The van der Waals surface area contributed by atoms with E-state index in [4.69, 9.17) is 5.11 Å². The van der Waals surface area contributed by atoms with Gasteiger partial charge in [-0.1, -0.05) is 39.5 Å². The second-order valence-electron chi connectivity index (χ2n) is 5.72. The number of hydrogen-bond donors (Lipinski definition) is 1. The molecule has 0 spiro atoms. The van der Waals surface area contributed by atoms with Crippen LogP contribution in [0.5, 0.6) is 0 Å². The molecule has 1 N–H and O–H groups in total. The maximum Gasteiger partial charge on any atom is 0.200 e. The second-order valence-corrected chi connectivity index (χ2v) is 7.24. The highest BCUT2D eigenvalue weighted by Crippen LogP contribution is 2.05. The Morgan fingerprint density at radius 1 is 0.929 bits per heavy atom. The monoisotopic (exact) mass is 215 g/mol. The standard InChI is InChI=1S/C4H10O.2C4H9.Al/c1-4(2,3)5;2*1-4(2)3;/h5H,1-3H3;2*4H,1H2,2-3H3;. The summed E-state index contributed by atoms with van der Waals surface area (Å²) in [5.74, 6) is 1.86. The molecule has 85 valence electrons. The van der Waals surface area contributed by atoms with E-state index < -0.39 is 5.60 Å². The molecule has 0 heterocycles. The van der Waals surface area contributed by atoms with Crippen LogP contribution in [0.15, 0.2) is 0 Å². The second kappa shape index (κ2) is 8.77. The van der Waals surface area contributed by atoms with Crippen LogP contribution < -0.4 is 0 Å². The van der Waals surface area contributed by atoms with Gasteiger partial charge in [0.05, 0.1) is 5.60 Å². The Morgan fingerprint density at radius 2 is 1.14 bits per heavy atom. The minimum Gasteiger partial charge on any atom is -0.391 e. The van der Waals surface area contributed by atoms with Gasteiger partial charge in [-0.3, -0.25) is 0 Å². The summed E-state index contributed by atoms with van der Waals surface area (Å²) in [6.07, 6.45) is 0. The van der Waals surface area contributed by atoms with Crippen molar-refractivity contribution in [3.63, 3.8) is 0 Å². The van der Waals surface area contributed by atoms with Gasteiger partial charge >= 0.3 is 0 Å². The molecule has 0 bridgehead atoms. The Balaban J connectivity index is 0. The number of aliphatic hydroxyl groups is 1. The lowest BCUT2D eigenvalue weighted by molar-refractivity contribution is 0.102. The molecule has 0 saturated heterocycles. The number of rotatable bonds is 4.